The van der Waals surface area contributed by atoms with Gasteiger partial charge in [0, 0.05) is 10.9 Å². The molecule has 0 amide bonds. The number of aliphatic hydroxyl groups is 1. The van der Waals surface area contributed by atoms with Crippen LogP contribution in [0.15, 0.2) is 29.2 Å². The molecule has 15 heavy (non-hydrogen) atoms. The summed E-state index contributed by atoms with van der Waals surface area (Å²) in [6.07, 6.45) is 0.869. The van der Waals surface area contributed by atoms with Crippen molar-refractivity contribution in [2.24, 2.45) is 0 Å². The molecule has 1 atom stereocenters. The highest BCUT2D eigenvalue weighted by Gasteiger charge is 2.04. The van der Waals surface area contributed by atoms with Gasteiger partial charge in [-0.3, -0.25) is 0 Å². The maximum absolute atomic E-state index is 12.8. The van der Waals surface area contributed by atoms with Crippen molar-refractivity contribution in [3.8, 4) is 0 Å². The van der Waals surface area contributed by atoms with Crippen LogP contribution in [0.2, 0.25) is 0 Å². The Bertz CT molecular complexity index is 292. The monoisotopic (exact) mass is 229 g/mol. The summed E-state index contributed by atoms with van der Waals surface area (Å²) in [4.78, 5) is 0.933. The van der Waals surface area contributed by atoms with Gasteiger partial charge >= 0.3 is 0 Å². The number of nitrogens with one attached hydrogen (secondary N) is 1. The zero-order chi connectivity index (χ0) is 11.1. The van der Waals surface area contributed by atoms with Crippen molar-refractivity contribution < 1.29 is 9.50 Å². The van der Waals surface area contributed by atoms with Gasteiger partial charge in [-0.15, -0.1) is 11.8 Å². The predicted molar refractivity (Wildman–Crippen MR) is 61.7 cm³/mol. The maximum atomic E-state index is 12.8. The van der Waals surface area contributed by atoms with E-state index in [1.54, 1.807) is 17.8 Å². The Labute approximate surface area is 93.9 Å². The molecular weight excluding hydrogens is 213 g/mol. The van der Waals surface area contributed by atoms with Crippen molar-refractivity contribution in [3.63, 3.8) is 0 Å². The molecule has 0 aliphatic rings. The molecule has 0 bridgehead atoms. The highest BCUT2D eigenvalue weighted by atomic mass is 32.2. The standard InChI is InChI=1S/C11H16FNOS/c1-13-10(8-14)5-6-15-11-4-2-3-9(12)7-11/h2-4,7,10,13-14H,5-6,8H2,1H3. The van der Waals surface area contributed by atoms with Crippen molar-refractivity contribution in [2.75, 3.05) is 19.4 Å². The Balaban J connectivity index is 2.31. The second-order valence-electron chi connectivity index (χ2n) is 3.26. The first kappa shape index (κ1) is 12.5. The van der Waals surface area contributed by atoms with Gasteiger partial charge in [0.15, 0.2) is 0 Å². The first-order chi connectivity index (χ1) is 7.26. The summed E-state index contributed by atoms with van der Waals surface area (Å²) in [7, 11) is 1.83. The van der Waals surface area contributed by atoms with E-state index in [1.165, 1.54) is 12.1 Å². The van der Waals surface area contributed by atoms with E-state index in [0.29, 0.717) is 0 Å². The smallest absolute Gasteiger partial charge is 0.124 e. The fraction of sp³-hybridized carbons (Fsp3) is 0.455. The van der Waals surface area contributed by atoms with E-state index >= 15 is 0 Å². The van der Waals surface area contributed by atoms with Crippen LogP contribution in [0, 0.1) is 5.82 Å². The van der Waals surface area contributed by atoms with Crippen LogP contribution < -0.4 is 5.32 Å². The Morgan fingerprint density at radius 2 is 2.33 bits per heavy atom. The molecule has 0 aliphatic heterocycles. The Kier molecular flexibility index (Phi) is 5.68. The third kappa shape index (κ3) is 4.64. The van der Waals surface area contributed by atoms with Gasteiger partial charge in [-0.1, -0.05) is 6.07 Å². The molecule has 0 radical (unpaired) electrons. The summed E-state index contributed by atoms with van der Waals surface area (Å²) in [5.41, 5.74) is 0. The number of halogens is 1. The normalized spacial score (nSPS) is 12.7. The second kappa shape index (κ2) is 6.82. The minimum atomic E-state index is -0.202. The van der Waals surface area contributed by atoms with Crippen LogP contribution in [-0.4, -0.2) is 30.6 Å². The molecule has 0 aromatic heterocycles. The van der Waals surface area contributed by atoms with Crippen LogP contribution in [-0.2, 0) is 0 Å². The maximum Gasteiger partial charge on any atom is 0.124 e. The van der Waals surface area contributed by atoms with Gasteiger partial charge in [-0.25, -0.2) is 4.39 Å². The first-order valence-electron chi connectivity index (χ1n) is 4.92. The summed E-state index contributed by atoms with van der Waals surface area (Å²) in [5, 5.41) is 11.9. The lowest BCUT2D eigenvalue weighted by molar-refractivity contribution is 0.246. The van der Waals surface area contributed by atoms with Crippen molar-refractivity contribution in [2.45, 2.75) is 17.4 Å². The van der Waals surface area contributed by atoms with E-state index in [1.807, 2.05) is 13.1 Å². The van der Waals surface area contributed by atoms with E-state index in [9.17, 15) is 4.39 Å². The molecule has 0 aliphatic carbocycles. The quantitative estimate of drug-likeness (QED) is 0.731. The lowest BCUT2D eigenvalue weighted by Crippen LogP contribution is -2.29. The molecule has 2 nitrogen and oxygen atoms in total. The van der Waals surface area contributed by atoms with Gasteiger partial charge in [0.05, 0.1) is 6.61 Å². The molecular formula is C11H16FNOS. The second-order valence-corrected chi connectivity index (χ2v) is 4.43. The molecule has 1 aromatic carbocycles. The van der Waals surface area contributed by atoms with Gasteiger partial charge in [-0.05, 0) is 37.4 Å². The molecule has 0 saturated carbocycles. The van der Waals surface area contributed by atoms with Gasteiger partial charge in [-0.2, -0.15) is 0 Å². The fourth-order valence-electron chi connectivity index (χ4n) is 1.20. The van der Waals surface area contributed by atoms with Gasteiger partial charge < -0.3 is 10.4 Å². The molecule has 1 aromatic rings. The summed E-state index contributed by atoms with van der Waals surface area (Å²) in [5.74, 6) is 0.669. The van der Waals surface area contributed by atoms with E-state index in [-0.39, 0.29) is 18.5 Å². The van der Waals surface area contributed by atoms with E-state index < -0.39 is 0 Å². The molecule has 4 heteroatoms. The van der Waals surface area contributed by atoms with Crippen LogP contribution in [0.3, 0.4) is 0 Å². The van der Waals surface area contributed by atoms with Crippen molar-refractivity contribution in [1.29, 1.82) is 0 Å². The number of rotatable bonds is 6. The molecule has 84 valence electrons. The van der Waals surface area contributed by atoms with Gasteiger partial charge in [0.25, 0.3) is 0 Å². The number of hydrogen-bond donors (Lipinski definition) is 2. The summed E-state index contributed by atoms with van der Waals surface area (Å²) >= 11 is 1.60. The predicted octanol–water partition coefficient (Wildman–Crippen LogP) is 1.89. The average Bonchev–Trinajstić information content (AvgIpc) is 2.25. The van der Waals surface area contributed by atoms with E-state index in [0.717, 1.165) is 17.1 Å². The topological polar surface area (TPSA) is 32.3 Å². The lowest BCUT2D eigenvalue weighted by atomic mass is 10.2. The number of benzene rings is 1. The third-order valence-corrected chi connectivity index (χ3v) is 3.19. The van der Waals surface area contributed by atoms with Crippen molar-refractivity contribution >= 4 is 11.8 Å². The van der Waals surface area contributed by atoms with Gasteiger partial charge in [0.2, 0.25) is 0 Å². The number of likely N-dealkylation sites (N-methyl/N-ethyl adjacent to an activating group) is 1. The lowest BCUT2D eigenvalue weighted by Gasteiger charge is -2.11. The largest absolute Gasteiger partial charge is 0.395 e. The van der Waals surface area contributed by atoms with Crippen molar-refractivity contribution in [3.05, 3.63) is 30.1 Å². The first-order valence-corrected chi connectivity index (χ1v) is 5.91. The van der Waals surface area contributed by atoms with Crippen LogP contribution in [0.4, 0.5) is 4.39 Å². The zero-order valence-electron chi connectivity index (χ0n) is 8.74. The summed E-state index contributed by atoms with van der Waals surface area (Å²) < 4.78 is 12.8. The SMILES string of the molecule is CNC(CO)CCSc1cccc(F)c1. The minimum Gasteiger partial charge on any atom is -0.395 e. The van der Waals surface area contributed by atoms with Crippen LogP contribution in [0.25, 0.3) is 0 Å². The van der Waals surface area contributed by atoms with E-state index in [4.69, 9.17) is 5.11 Å². The molecule has 0 fully saturated rings. The molecule has 1 unspecified atom stereocenters. The Hall–Kier alpha value is -0.580. The Morgan fingerprint density at radius 1 is 1.53 bits per heavy atom. The number of hydrogen-bond acceptors (Lipinski definition) is 3. The number of aliphatic hydroxyl groups excluding tert-OH is 1. The van der Waals surface area contributed by atoms with Crippen molar-refractivity contribution in [1.82, 2.24) is 5.32 Å². The molecule has 1 rings (SSSR count). The highest BCUT2D eigenvalue weighted by Crippen LogP contribution is 2.19. The van der Waals surface area contributed by atoms with Crippen LogP contribution >= 0.6 is 11.8 Å². The third-order valence-electron chi connectivity index (χ3n) is 2.16. The molecule has 0 heterocycles. The molecule has 2 N–H and O–H groups in total. The fourth-order valence-corrected chi connectivity index (χ4v) is 2.21. The van der Waals surface area contributed by atoms with Crippen LogP contribution in [0.5, 0.6) is 0 Å². The summed E-state index contributed by atoms with van der Waals surface area (Å²) in [6, 6.07) is 6.69. The van der Waals surface area contributed by atoms with Crippen LogP contribution in [0.1, 0.15) is 6.42 Å². The van der Waals surface area contributed by atoms with Gasteiger partial charge in [0.1, 0.15) is 5.82 Å². The summed E-state index contributed by atoms with van der Waals surface area (Å²) in [6.45, 7) is 0.139. The highest BCUT2D eigenvalue weighted by molar-refractivity contribution is 7.99. The molecule has 0 spiro atoms. The zero-order valence-corrected chi connectivity index (χ0v) is 9.56. The molecule has 0 saturated heterocycles. The number of thioether (sulfide) groups is 1. The van der Waals surface area contributed by atoms with E-state index in [2.05, 4.69) is 5.32 Å². The average molecular weight is 229 g/mol. The Morgan fingerprint density at radius 3 is 2.93 bits per heavy atom. The minimum absolute atomic E-state index is 0.131.